The molecule has 1 aromatic carbocycles. The molecule has 1 amide bonds. The topological polar surface area (TPSA) is 54.7 Å². The van der Waals surface area contributed by atoms with Gasteiger partial charge in [-0.05, 0) is 50.6 Å². The number of ether oxygens (including phenoxy) is 1. The van der Waals surface area contributed by atoms with Crippen LogP contribution in [-0.4, -0.2) is 43.6 Å². The SMILES string of the molecule is CCN(CC)CCNC(=O)COc1ccc2oc3c(c2c1)CCCC3. The van der Waals surface area contributed by atoms with E-state index in [1.165, 1.54) is 18.4 Å². The van der Waals surface area contributed by atoms with Gasteiger partial charge in [-0.25, -0.2) is 0 Å². The summed E-state index contributed by atoms with van der Waals surface area (Å²) in [5.41, 5.74) is 2.23. The number of hydrogen-bond acceptors (Lipinski definition) is 4. The lowest BCUT2D eigenvalue weighted by molar-refractivity contribution is -0.123. The van der Waals surface area contributed by atoms with E-state index in [1.54, 1.807) is 0 Å². The van der Waals surface area contributed by atoms with E-state index in [0.717, 1.165) is 55.0 Å². The third kappa shape index (κ3) is 4.34. The Morgan fingerprint density at radius 3 is 2.84 bits per heavy atom. The first-order valence-electron chi connectivity index (χ1n) is 9.37. The van der Waals surface area contributed by atoms with Gasteiger partial charge in [-0.3, -0.25) is 4.79 Å². The number of benzene rings is 1. The zero-order valence-corrected chi connectivity index (χ0v) is 15.3. The zero-order valence-electron chi connectivity index (χ0n) is 15.3. The minimum atomic E-state index is -0.0820. The van der Waals surface area contributed by atoms with Crippen molar-refractivity contribution in [3.63, 3.8) is 0 Å². The van der Waals surface area contributed by atoms with E-state index >= 15 is 0 Å². The van der Waals surface area contributed by atoms with Gasteiger partial charge in [-0.1, -0.05) is 13.8 Å². The maximum Gasteiger partial charge on any atom is 0.257 e. The van der Waals surface area contributed by atoms with E-state index in [-0.39, 0.29) is 12.5 Å². The van der Waals surface area contributed by atoms with Gasteiger partial charge in [0.2, 0.25) is 0 Å². The first-order valence-corrected chi connectivity index (χ1v) is 9.37. The van der Waals surface area contributed by atoms with Crippen molar-refractivity contribution in [1.29, 1.82) is 0 Å². The quantitative estimate of drug-likeness (QED) is 0.799. The summed E-state index contributed by atoms with van der Waals surface area (Å²) in [6.07, 6.45) is 4.50. The van der Waals surface area contributed by atoms with E-state index in [4.69, 9.17) is 9.15 Å². The number of aryl methyl sites for hydroxylation is 2. The average molecular weight is 344 g/mol. The van der Waals surface area contributed by atoms with Crippen LogP contribution in [0.15, 0.2) is 22.6 Å². The van der Waals surface area contributed by atoms with Crippen molar-refractivity contribution in [1.82, 2.24) is 10.2 Å². The van der Waals surface area contributed by atoms with E-state index in [2.05, 4.69) is 24.1 Å². The van der Waals surface area contributed by atoms with Crippen molar-refractivity contribution < 1.29 is 13.9 Å². The van der Waals surface area contributed by atoms with E-state index in [0.29, 0.717) is 6.54 Å². The fourth-order valence-electron chi connectivity index (χ4n) is 3.42. The molecule has 25 heavy (non-hydrogen) atoms. The number of nitrogens with zero attached hydrogens (tertiary/aromatic N) is 1. The Hall–Kier alpha value is -2.01. The Morgan fingerprint density at radius 1 is 1.24 bits per heavy atom. The molecule has 1 N–H and O–H groups in total. The Kier molecular flexibility index (Phi) is 5.97. The summed E-state index contributed by atoms with van der Waals surface area (Å²) in [5.74, 6) is 1.76. The average Bonchev–Trinajstić information content (AvgIpc) is 3.01. The minimum absolute atomic E-state index is 0.0454. The van der Waals surface area contributed by atoms with Crippen molar-refractivity contribution in [3.8, 4) is 5.75 Å². The first-order chi connectivity index (χ1) is 12.2. The predicted molar refractivity (Wildman–Crippen MR) is 99.1 cm³/mol. The smallest absolute Gasteiger partial charge is 0.257 e. The van der Waals surface area contributed by atoms with Crippen molar-refractivity contribution >= 4 is 16.9 Å². The number of hydrogen-bond donors (Lipinski definition) is 1. The summed E-state index contributed by atoms with van der Waals surface area (Å²) in [6, 6.07) is 5.83. The third-order valence-corrected chi connectivity index (χ3v) is 4.94. The molecule has 136 valence electrons. The van der Waals surface area contributed by atoms with Crippen LogP contribution in [0.2, 0.25) is 0 Å². The van der Waals surface area contributed by atoms with Gasteiger partial charge in [-0.15, -0.1) is 0 Å². The van der Waals surface area contributed by atoms with Gasteiger partial charge in [0, 0.05) is 30.5 Å². The molecule has 1 aromatic heterocycles. The molecule has 0 saturated heterocycles. The largest absolute Gasteiger partial charge is 0.484 e. The number of amides is 1. The maximum absolute atomic E-state index is 11.9. The van der Waals surface area contributed by atoms with Crippen LogP contribution < -0.4 is 10.1 Å². The molecule has 0 unspecified atom stereocenters. The van der Waals surface area contributed by atoms with Crippen LogP contribution in [0.5, 0.6) is 5.75 Å². The highest BCUT2D eigenvalue weighted by atomic mass is 16.5. The summed E-state index contributed by atoms with van der Waals surface area (Å²) >= 11 is 0. The van der Waals surface area contributed by atoms with Crippen LogP contribution in [0.1, 0.15) is 38.0 Å². The number of likely N-dealkylation sites (N-methyl/N-ethyl adjacent to an activating group) is 1. The second kappa shape index (κ2) is 8.39. The van der Waals surface area contributed by atoms with Gasteiger partial charge in [0.15, 0.2) is 6.61 Å². The maximum atomic E-state index is 11.9. The van der Waals surface area contributed by atoms with Crippen molar-refractivity contribution in [2.75, 3.05) is 32.8 Å². The number of carbonyl (C=O) groups is 1. The third-order valence-electron chi connectivity index (χ3n) is 4.94. The lowest BCUT2D eigenvalue weighted by atomic mass is 9.96. The molecule has 5 nitrogen and oxygen atoms in total. The standard InChI is InChI=1S/C20H28N2O3/c1-3-22(4-2)12-11-21-20(23)14-24-15-9-10-19-17(13-15)16-7-5-6-8-18(16)25-19/h9-10,13H,3-8,11-12,14H2,1-2H3,(H,21,23). The second-order valence-electron chi connectivity index (χ2n) is 6.53. The predicted octanol–water partition coefficient (Wildman–Crippen LogP) is 3.15. The molecule has 1 heterocycles. The van der Waals surface area contributed by atoms with E-state index in [1.807, 2.05) is 18.2 Å². The van der Waals surface area contributed by atoms with Gasteiger partial charge in [0.1, 0.15) is 17.1 Å². The molecule has 0 radical (unpaired) electrons. The fourth-order valence-corrected chi connectivity index (χ4v) is 3.42. The zero-order chi connectivity index (χ0) is 17.6. The van der Waals surface area contributed by atoms with Gasteiger partial charge < -0.3 is 19.4 Å². The molecule has 5 heteroatoms. The van der Waals surface area contributed by atoms with Crippen LogP contribution in [-0.2, 0) is 17.6 Å². The molecule has 0 saturated carbocycles. The van der Waals surface area contributed by atoms with Crippen molar-refractivity contribution in [3.05, 3.63) is 29.5 Å². The normalized spacial score (nSPS) is 13.9. The molecule has 0 fully saturated rings. The molecule has 2 aromatic rings. The van der Waals surface area contributed by atoms with Crippen LogP contribution in [0.25, 0.3) is 11.0 Å². The van der Waals surface area contributed by atoms with Gasteiger partial charge in [-0.2, -0.15) is 0 Å². The summed E-state index contributed by atoms with van der Waals surface area (Å²) in [6.45, 7) is 7.81. The number of fused-ring (bicyclic) bond motifs is 3. The molecular formula is C20H28N2O3. The summed E-state index contributed by atoms with van der Waals surface area (Å²) in [5, 5.41) is 4.04. The van der Waals surface area contributed by atoms with Crippen LogP contribution in [0.4, 0.5) is 0 Å². The molecule has 0 aliphatic heterocycles. The lowest BCUT2D eigenvalue weighted by Crippen LogP contribution is -2.36. The van der Waals surface area contributed by atoms with Crippen LogP contribution in [0.3, 0.4) is 0 Å². The Balaban J connectivity index is 1.53. The Morgan fingerprint density at radius 2 is 2.04 bits per heavy atom. The van der Waals surface area contributed by atoms with Crippen molar-refractivity contribution in [2.45, 2.75) is 39.5 Å². The van der Waals surface area contributed by atoms with Gasteiger partial charge in [0.25, 0.3) is 5.91 Å². The Labute approximate surface area is 149 Å². The monoisotopic (exact) mass is 344 g/mol. The molecule has 0 bridgehead atoms. The molecule has 1 aliphatic rings. The van der Waals surface area contributed by atoms with Crippen LogP contribution in [0, 0.1) is 0 Å². The fraction of sp³-hybridized carbons (Fsp3) is 0.550. The highest BCUT2D eigenvalue weighted by Gasteiger charge is 2.18. The number of carbonyl (C=O) groups excluding carboxylic acids is 1. The number of rotatable bonds is 8. The number of furan rings is 1. The molecule has 1 aliphatic carbocycles. The van der Waals surface area contributed by atoms with Gasteiger partial charge >= 0.3 is 0 Å². The highest BCUT2D eigenvalue weighted by Crippen LogP contribution is 2.33. The molecule has 0 spiro atoms. The summed E-state index contributed by atoms with van der Waals surface area (Å²) < 4.78 is 11.6. The lowest BCUT2D eigenvalue weighted by Gasteiger charge is -2.18. The second-order valence-corrected chi connectivity index (χ2v) is 6.53. The molecule has 0 atom stereocenters. The minimum Gasteiger partial charge on any atom is -0.484 e. The van der Waals surface area contributed by atoms with E-state index in [9.17, 15) is 4.79 Å². The summed E-state index contributed by atoms with van der Waals surface area (Å²) in [4.78, 5) is 14.2. The molecular weight excluding hydrogens is 316 g/mol. The van der Waals surface area contributed by atoms with Crippen molar-refractivity contribution in [2.24, 2.45) is 0 Å². The molecule has 3 rings (SSSR count). The highest BCUT2D eigenvalue weighted by molar-refractivity contribution is 5.84. The first kappa shape index (κ1) is 17.8. The van der Waals surface area contributed by atoms with E-state index < -0.39 is 0 Å². The van der Waals surface area contributed by atoms with Crippen LogP contribution >= 0.6 is 0 Å². The number of nitrogens with one attached hydrogen (secondary N) is 1. The van der Waals surface area contributed by atoms with Gasteiger partial charge in [0.05, 0.1) is 0 Å². The Bertz CT molecular complexity index is 719. The summed E-state index contributed by atoms with van der Waals surface area (Å²) in [7, 11) is 0.